The number of nitriles is 1. The summed E-state index contributed by atoms with van der Waals surface area (Å²) < 4.78 is 31.1. The molecule has 0 aliphatic heterocycles. The molecule has 96 valence electrons. The summed E-state index contributed by atoms with van der Waals surface area (Å²) in [6.07, 6.45) is 0.653. The van der Waals surface area contributed by atoms with Gasteiger partial charge < -0.3 is 8.92 Å². The lowest BCUT2D eigenvalue weighted by Gasteiger charge is -2.05. The van der Waals surface area contributed by atoms with Crippen molar-refractivity contribution in [3.05, 3.63) is 29.8 Å². The molecule has 0 fully saturated rings. The van der Waals surface area contributed by atoms with E-state index in [2.05, 4.69) is 4.18 Å². The summed E-state index contributed by atoms with van der Waals surface area (Å²) in [6.45, 7) is 0.0274. The van der Waals surface area contributed by atoms with Crippen LogP contribution in [0.3, 0.4) is 0 Å². The van der Waals surface area contributed by atoms with E-state index in [1.807, 2.05) is 0 Å². The van der Waals surface area contributed by atoms with E-state index in [1.54, 1.807) is 18.2 Å². The Morgan fingerprint density at radius 2 is 1.94 bits per heavy atom. The molecule has 7 heteroatoms. The monoisotopic (exact) mass is 269 g/mol. The van der Waals surface area contributed by atoms with Crippen LogP contribution >= 0.6 is 0 Å². The van der Waals surface area contributed by atoms with E-state index in [0.29, 0.717) is 5.56 Å². The Hall–Kier alpha value is -2.07. The number of carbonyl (C=O) groups is 1. The van der Waals surface area contributed by atoms with Crippen molar-refractivity contribution in [3.63, 3.8) is 0 Å². The maximum absolute atomic E-state index is 10.9. The summed E-state index contributed by atoms with van der Waals surface area (Å²) in [5.74, 6) is -0.418. The predicted molar refractivity (Wildman–Crippen MR) is 61.9 cm³/mol. The Bertz CT molecular complexity index is 556. The predicted octanol–water partition coefficient (Wildman–Crippen LogP) is 0.982. The number of rotatable bonds is 5. The summed E-state index contributed by atoms with van der Waals surface area (Å²) in [5.41, 5.74) is 0.669. The van der Waals surface area contributed by atoms with Gasteiger partial charge in [0.15, 0.2) is 0 Å². The third kappa shape index (κ3) is 5.32. The Labute approximate surface area is 105 Å². The SMILES string of the molecule is CS(=O)(=O)Oc1ccc(COC(=O)CC#N)cc1. The molecule has 1 aromatic carbocycles. The van der Waals surface area contributed by atoms with Crippen LogP contribution in [-0.2, 0) is 26.3 Å². The van der Waals surface area contributed by atoms with Crippen LogP contribution < -0.4 is 4.18 Å². The zero-order valence-corrected chi connectivity index (χ0v) is 10.4. The number of hydrogen-bond acceptors (Lipinski definition) is 6. The normalized spacial score (nSPS) is 10.4. The van der Waals surface area contributed by atoms with Gasteiger partial charge in [-0.3, -0.25) is 4.79 Å². The van der Waals surface area contributed by atoms with Crippen LogP contribution in [0.25, 0.3) is 0 Å². The average Bonchev–Trinajstić information content (AvgIpc) is 2.26. The number of nitrogens with zero attached hydrogens (tertiary/aromatic N) is 1. The minimum absolute atomic E-state index is 0.0274. The largest absolute Gasteiger partial charge is 0.460 e. The summed E-state index contributed by atoms with van der Waals surface area (Å²) in [5, 5.41) is 8.25. The second-order valence-corrected chi connectivity index (χ2v) is 5.00. The van der Waals surface area contributed by atoms with Crippen LogP contribution in [0.4, 0.5) is 0 Å². The van der Waals surface area contributed by atoms with Gasteiger partial charge in [-0.1, -0.05) is 12.1 Å². The maximum Gasteiger partial charge on any atom is 0.320 e. The van der Waals surface area contributed by atoms with Gasteiger partial charge in [-0.25, -0.2) is 0 Å². The van der Waals surface area contributed by atoms with Gasteiger partial charge >= 0.3 is 16.1 Å². The summed E-state index contributed by atoms with van der Waals surface area (Å²) in [6, 6.07) is 7.72. The first-order valence-electron chi connectivity index (χ1n) is 4.91. The standard InChI is InChI=1S/C11H11NO5S/c1-18(14,15)17-10-4-2-9(3-5-10)8-16-11(13)6-7-12/h2-5H,6,8H2,1H3. The highest BCUT2D eigenvalue weighted by molar-refractivity contribution is 7.86. The van der Waals surface area contributed by atoms with E-state index >= 15 is 0 Å². The van der Waals surface area contributed by atoms with E-state index in [0.717, 1.165) is 6.26 Å². The van der Waals surface area contributed by atoms with Gasteiger partial charge in [0.05, 0.1) is 12.3 Å². The number of benzene rings is 1. The fourth-order valence-electron chi connectivity index (χ4n) is 1.10. The van der Waals surface area contributed by atoms with Crippen LogP contribution in [0, 0.1) is 11.3 Å². The average molecular weight is 269 g/mol. The van der Waals surface area contributed by atoms with Gasteiger partial charge in [0.1, 0.15) is 18.8 Å². The zero-order valence-electron chi connectivity index (χ0n) is 9.62. The van der Waals surface area contributed by atoms with Gasteiger partial charge in [-0.2, -0.15) is 13.7 Å². The molecule has 0 saturated carbocycles. The molecule has 0 saturated heterocycles. The quantitative estimate of drug-likeness (QED) is 0.584. The van der Waals surface area contributed by atoms with Crippen molar-refractivity contribution in [2.75, 3.05) is 6.26 Å². The second kappa shape index (κ2) is 6.02. The molecule has 0 amide bonds. The topological polar surface area (TPSA) is 93.5 Å². The molecule has 0 aliphatic rings. The van der Waals surface area contributed by atoms with Gasteiger partial charge in [0, 0.05) is 0 Å². The van der Waals surface area contributed by atoms with E-state index in [9.17, 15) is 13.2 Å². The molecule has 0 radical (unpaired) electrons. The fraction of sp³-hybridized carbons (Fsp3) is 0.273. The number of carbonyl (C=O) groups excluding carboxylic acids is 1. The Kier molecular flexibility index (Phi) is 4.68. The van der Waals surface area contributed by atoms with Crippen LogP contribution in [-0.4, -0.2) is 20.6 Å². The molecule has 1 rings (SSSR count). The third-order valence-corrected chi connectivity index (χ3v) is 2.29. The van der Waals surface area contributed by atoms with E-state index in [4.69, 9.17) is 10.00 Å². The van der Waals surface area contributed by atoms with E-state index in [-0.39, 0.29) is 18.8 Å². The summed E-state index contributed by atoms with van der Waals surface area (Å²) in [7, 11) is -3.54. The highest BCUT2D eigenvalue weighted by atomic mass is 32.2. The lowest BCUT2D eigenvalue weighted by Crippen LogP contribution is -2.06. The van der Waals surface area contributed by atoms with Crippen LogP contribution in [0.2, 0.25) is 0 Å². The number of esters is 1. The molecule has 0 spiro atoms. The Balaban J connectivity index is 2.56. The lowest BCUT2D eigenvalue weighted by atomic mass is 10.2. The minimum atomic E-state index is -3.54. The molecule has 0 unspecified atom stereocenters. The highest BCUT2D eigenvalue weighted by Crippen LogP contribution is 2.14. The maximum atomic E-state index is 10.9. The van der Waals surface area contributed by atoms with Gasteiger partial charge in [0.2, 0.25) is 0 Å². The first-order chi connectivity index (χ1) is 8.40. The smallest absolute Gasteiger partial charge is 0.320 e. The molecule has 0 atom stereocenters. The van der Waals surface area contributed by atoms with Crippen molar-refractivity contribution >= 4 is 16.1 Å². The molecular formula is C11H11NO5S. The third-order valence-electron chi connectivity index (χ3n) is 1.79. The molecule has 18 heavy (non-hydrogen) atoms. The van der Waals surface area contributed by atoms with Crippen LogP contribution in [0.1, 0.15) is 12.0 Å². The zero-order chi connectivity index (χ0) is 13.6. The van der Waals surface area contributed by atoms with E-state index in [1.165, 1.54) is 12.1 Å². The Morgan fingerprint density at radius 1 is 1.33 bits per heavy atom. The van der Waals surface area contributed by atoms with Gasteiger partial charge in [-0.15, -0.1) is 0 Å². The molecule has 0 heterocycles. The molecule has 6 nitrogen and oxygen atoms in total. The molecule has 0 aromatic heterocycles. The summed E-state index contributed by atoms with van der Waals surface area (Å²) in [4.78, 5) is 10.9. The first kappa shape index (κ1) is 14.0. The number of hydrogen-bond donors (Lipinski definition) is 0. The van der Waals surface area contributed by atoms with Crippen LogP contribution in [0.5, 0.6) is 5.75 Å². The van der Waals surface area contributed by atoms with Crippen molar-refractivity contribution in [2.45, 2.75) is 13.0 Å². The van der Waals surface area contributed by atoms with Crippen molar-refractivity contribution in [1.29, 1.82) is 5.26 Å². The van der Waals surface area contributed by atoms with Crippen molar-refractivity contribution in [2.24, 2.45) is 0 Å². The van der Waals surface area contributed by atoms with Crippen molar-refractivity contribution < 1.29 is 22.1 Å². The number of ether oxygens (including phenoxy) is 1. The summed E-state index contributed by atoms with van der Waals surface area (Å²) >= 11 is 0. The molecule has 0 N–H and O–H groups in total. The molecule has 1 aromatic rings. The lowest BCUT2D eigenvalue weighted by molar-refractivity contribution is -0.143. The minimum Gasteiger partial charge on any atom is -0.460 e. The molecular weight excluding hydrogens is 258 g/mol. The van der Waals surface area contributed by atoms with Crippen molar-refractivity contribution in [3.8, 4) is 11.8 Å². The van der Waals surface area contributed by atoms with E-state index < -0.39 is 16.1 Å². The van der Waals surface area contributed by atoms with Crippen molar-refractivity contribution in [1.82, 2.24) is 0 Å². The first-order valence-corrected chi connectivity index (χ1v) is 6.73. The fourth-order valence-corrected chi connectivity index (χ4v) is 1.56. The molecule has 0 aliphatic carbocycles. The van der Waals surface area contributed by atoms with Gasteiger partial charge in [0.25, 0.3) is 0 Å². The second-order valence-electron chi connectivity index (χ2n) is 3.43. The van der Waals surface area contributed by atoms with Crippen LogP contribution in [0.15, 0.2) is 24.3 Å². The molecule has 0 bridgehead atoms. The van der Waals surface area contributed by atoms with Gasteiger partial charge in [-0.05, 0) is 17.7 Å². The Morgan fingerprint density at radius 3 is 2.44 bits per heavy atom. The highest BCUT2D eigenvalue weighted by Gasteiger charge is 2.05.